The van der Waals surface area contributed by atoms with E-state index in [9.17, 15) is 18.8 Å². The summed E-state index contributed by atoms with van der Waals surface area (Å²) < 4.78 is 13.3. The average molecular weight is 275 g/mol. The van der Waals surface area contributed by atoms with Crippen LogP contribution in [-0.4, -0.2) is 16.8 Å². The molecule has 0 unspecified atom stereocenters. The molecule has 0 aliphatic heterocycles. The predicted molar refractivity (Wildman–Crippen MR) is 69.9 cm³/mol. The number of hydrogen-bond donors (Lipinski definition) is 3. The van der Waals surface area contributed by atoms with Crippen LogP contribution in [0.1, 0.15) is 20.7 Å². The lowest BCUT2D eigenvalue weighted by molar-refractivity contribution is 0.0992. The zero-order chi connectivity index (χ0) is 14.7. The third kappa shape index (κ3) is 2.89. The molecule has 6 nitrogen and oxygen atoms in total. The fourth-order valence-corrected chi connectivity index (χ4v) is 1.58. The fourth-order valence-electron chi connectivity index (χ4n) is 1.58. The van der Waals surface area contributed by atoms with Crippen LogP contribution in [0.2, 0.25) is 0 Å². The number of benzene rings is 1. The number of primary amides is 1. The van der Waals surface area contributed by atoms with Crippen LogP contribution in [0.5, 0.6) is 0 Å². The average Bonchev–Trinajstić information content (AvgIpc) is 2.40. The number of H-pyrrole nitrogens is 1. The molecule has 2 rings (SSSR count). The first-order chi connectivity index (χ1) is 9.47. The second kappa shape index (κ2) is 5.35. The molecule has 0 saturated carbocycles. The number of nitrogens with one attached hydrogen (secondary N) is 2. The molecule has 1 aromatic heterocycles. The van der Waals surface area contributed by atoms with E-state index >= 15 is 0 Å². The van der Waals surface area contributed by atoms with E-state index in [2.05, 4.69) is 10.3 Å². The van der Waals surface area contributed by atoms with Crippen LogP contribution in [0.3, 0.4) is 0 Å². The van der Waals surface area contributed by atoms with Gasteiger partial charge in [0.2, 0.25) is 5.56 Å². The van der Waals surface area contributed by atoms with Gasteiger partial charge in [-0.1, -0.05) is 0 Å². The highest BCUT2D eigenvalue weighted by atomic mass is 19.1. The van der Waals surface area contributed by atoms with Crippen molar-refractivity contribution >= 4 is 17.5 Å². The highest BCUT2D eigenvalue weighted by Gasteiger charge is 2.11. The van der Waals surface area contributed by atoms with Gasteiger partial charge in [-0.3, -0.25) is 14.4 Å². The molecule has 0 aliphatic carbocycles. The Morgan fingerprint density at radius 3 is 2.60 bits per heavy atom. The Hall–Kier alpha value is -2.96. The van der Waals surface area contributed by atoms with E-state index in [4.69, 9.17) is 5.73 Å². The van der Waals surface area contributed by atoms with Crippen LogP contribution in [0, 0.1) is 5.82 Å². The van der Waals surface area contributed by atoms with Crippen LogP contribution in [0.4, 0.5) is 10.1 Å². The summed E-state index contributed by atoms with van der Waals surface area (Å²) in [5.41, 5.74) is 4.60. The third-order valence-electron chi connectivity index (χ3n) is 2.53. The Morgan fingerprint density at radius 2 is 1.95 bits per heavy atom. The summed E-state index contributed by atoms with van der Waals surface area (Å²) in [4.78, 5) is 36.3. The summed E-state index contributed by atoms with van der Waals surface area (Å²) in [6.07, 6.45) is 1.33. The molecule has 7 heteroatoms. The SMILES string of the molecule is NC(=O)c1cc(NC(=O)c2cc[nH]c(=O)c2)ccc1F. The van der Waals surface area contributed by atoms with Gasteiger partial charge >= 0.3 is 0 Å². The minimum Gasteiger partial charge on any atom is -0.366 e. The largest absolute Gasteiger partial charge is 0.366 e. The molecule has 20 heavy (non-hydrogen) atoms. The molecule has 102 valence electrons. The van der Waals surface area contributed by atoms with Gasteiger partial charge in [0, 0.05) is 23.5 Å². The lowest BCUT2D eigenvalue weighted by Gasteiger charge is -2.06. The second-order valence-electron chi connectivity index (χ2n) is 3.95. The maximum absolute atomic E-state index is 13.3. The molecule has 1 heterocycles. The van der Waals surface area contributed by atoms with Gasteiger partial charge in [0.1, 0.15) is 5.82 Å². The molecular weight excluding hydrogens is 265 g/mol. The Labute approximate surface area is 112 Å². The van der Waals surface area contributed by atoms with Crippen LogP contribution < -0.4 is 16.6 Å². The van der Waals surface area contributed by atoms with Crippen LogP contribution in [0.25, 0.3) is 0 Å². The first-order valence-electron chi connectivity index (χ1n) is 5.57. The summed E-state index contributed by atoms with van der Waals surface area (Å²) in [6.45, 7) is 0. The standard InChI is InChI=1S/C13H10FN3O3/c14-10-2-1-8(6-9(10)12(15)19)17-13(20)7-3-4-16-11(18)5-7/h1-6H,(H2,15,19)(H,16,18)(H,17,20). The first kappa shape index (κ1) is 13.5. The van der Waals surface area contributed by atoms with Crippen molar-refractivity contribution in [2.24, 2.45) is 5.73 Å². The summed E-state index contributed by atoms with van der Waals surface area (Å²) in [6, 6.07) is 5.96. The monoisotopic (exact) mass is 275 g/mol. The van der Waals surface area contributed by atoms with Crippen molar-refractivity contribution in [2.45, 2.75) is 0 Å². The van der Waals surface area contributed by atoms with Crippen molar-refractivity contribution in [2.75, 3.05) is 5.32 Å². The number of anilines is 1. The van der Waals surface area contributed by atoms with Crippen molar-refractivity contribution in [3.63, 3.8) is 0 Å². The van der Waals surface area contributed by atoms with Crippen molar-refractivity contribution in [3.05, 3.63) is 63.8 Å². The second-order valence-corrected chi connectivity index (χ2v) is 3.95. The highest BCUT2D eigenvalue weighted by molar-refractivity contribution is 6.04. The van der Waals surface area contributed by atoms with E-state index in [1.165, 1.54) is 18.3 Å². The molecule has 0 atom stereocenters. The zero-order valence-electron chi connectivity index (χ0n) is 10.1. The minimum absolute atomic E-state index is 0.138. The van der Waals surface area contributed by atoms with Crippen LogP contribution >= 0.6 is 0 Å². The van der Waals surface area contributed by atoms with E-state index < -0.39 is 23.2 Å². The molecule has 0 aliphatic rings. The van der Waals surface area contributed by atoms with E-state index in [-0.39, 0.29) is 16.8 Å². The lowest BCUT2D eigenvalue weighted by Crippen LogP contribution is -2.17. The van der Waals surface area contributed by atoms with Gasteiger partial charge in [-0.2, -0.15) is 0 Å². The lowest BCUT2D eigenvalue weighted by atomic mass is 10.1. The third-order valence-corrected chi connectivity index (χ3v) is 2.53. The van der Waals surface area contributed by atoms with Gasteiger partial charge in [-0.15, -0.1) is 0 Å². The number of carbonyl (C=O) groups is 2. The molecule has 0 bridgehead atoms. The summed E-state index contributed by atoms with van der Waals surface area (Å²) >= 11 is 0. The zero-order valence-corrected chi connectivity index (χ0v) is 10.1. The number of carbonyl (C=O) groups excluding carboxylic acids is 2. The van der Waals surface area contributed by atoms with Crippen LogP contribution in [-0.2, 0) is 0 Å². The van der Waals surface area contributed by atoms with Crippen LogP contribution in [0.15, 0.2) is 41.3 Å². The van der Waals surface area contributed by atoms with Crippen molar-refractivity contribution in [1.29, 1.82) is 0 Å². The molecule has 2 amide bonds. The summed E-state index contributed by atoms with van der Waals surface area (Å²) in [5, 5.41) is 2.44. The Bertz CT molecular complexity index is 740. The maximum Gasteiger partial charge on any atom is 0.255 e. The number of halogens is 1. The summed E-state index contributed by atoms with van der Waals surface area (Å²) in [7, 11) is 0. The summed E-state index contributed by atoms with van der Waals surface area (Å²) in [5.74, 6) is -2.26. The Balaban J connectivity index is 2.26. The predicted octanol–water partition coefficient (Wildman–Crippen LogP) is 0.865. The molecule has 0 radical (unpaired) electrons. The number of rotatable bonds is 3. The number of hydrogen-bond acceptors (Lipinski definition) is 3. The number of aromatic amines is 1. The van der Waals surface area contributed by atoms with E-state index in [1.807, 2.05) is 0 Å². The molecule has 2 aromatic rings. The fraction of sp³-hybridized carbons (Fsp3) is 0. The van der Waals surface area contributed by atoms with Crippen molar-refractivity contribution < 1.29 is 14.0 Å². The Morgan fingerprint density at radius 1 is 1.20 bits per heavy atom. The van der Waals surface area contributed by atoms with E-state index in [0.717, 1.165) is 18.2 Å². The van der Waals surface area contributed by atoms with Gasteiger partial charge in [0.25, 0.3) is 11.8 Å². The maximum atomic E-state index is 13.3. The number of aromatic nitrogens is 1. The van der Waals surface area contributed by atoms with E-state index in [0.29, 0.717) is 0 Å². The van der Waals surface area contributed by atoms with Crippen molar-refractivity contribution in [3.8, 4) is 0 Å². The smallest absolute Gasteiger partial charge is 0.255 e. The normalized spacial score (nSPS) is 10.1. The molecule has 1 aromatic carbocycles. The van der Waals surface area contributed by atoms with Gasteiger partial charge in [0.15, 0.2) is 0 Å². The minimum atomic E-state index is -0.935. The van der Waals surface area contributed by atoms with Gasteiger partial charge < -0.3 is 16.0 Å². The van der Waals surface area contributed by atoms with Gasteiger partial charge in [0.05, 0.1) is 5.56 Å². The first-order valence-corrected chi connectivity index (χ1v) is 5.57. The molecular formula is C13H10FN3O3. The number of nitrogens with two attached hydrogens (primary N) is 1. The quantitative estimate of drug-likeness (QED) is 0.773. The topological polar surface area (TPSA) is 105 Å². The number of pyridine rings is 1. The molecule has 0 fully saturated rings. The molecule has 0 spiro atoms. The molecule has 0 saturated heterocycles. The van der Waals surface area contributed by atoms with Crippen molar-refractivity contribution in [1.82, 2.24) is 4.98 Å². The van der Waals surface area contributed by atoms with Gasteiger partial charge in [-0.05, 0) is 24.3 Å². The van der Waals surface area contributed by atoms with E-state index in [1.54, 1.807) is 0 Å². The Kier molecular flexibility index (Phi) is 3.60. The highest BCUT2D eigenvalue weighted by Crippen LogP contribution is 2.15. The number of amides is 2. The molecule has 4 N–H and O–H groups in total. The van der Waals surface area contributed by atoms with Gasteiger partial charge in [-0.25, -0.2) is 4.39 Å².